The topological polar surface area (TPSA) is 37.4 Å². The molecule has 0 radical (unpaired) electrons. The molecule has 4 aliphatic rings. The molecule has 0 saturated carbocycles. The highest BCUT2D eigenvalue weighted by atomic mass is 79.9. The highest BCUT2D eigenvalue weighted by Gasteiger charge is 2.67. The number of benzene rings is 3. The third-order valence-electron chi connectivity index (χ3n) is 6.77. The van der Waals surface area contributed by atoms with E-state index in [1.165, 1.54) is 4.90 Å². The van der Waals surface area contributed by atoms with Crippen molar-refractivity contribution in [3.8, 4) is 0 Å². The Morgan fingerprint density at radius 1 is 0.828 bits per heavy atom. The van der Waals surface area contributed by atoms with Crippen molar-refractivity contribution < 1.29 is 9.59 Å². The molecule has 1 saturated heterocycles. The quantitative estimate of drug-likeness (QED) is 0.396. The lowest BCUT2D eigenvalue weighted by atomic mass is 9.55. The van der Waals surface area contributed by atoms with Crippen LogP contribution in [0, 0.1) is 18.8 Å². The van der Waals surface area contributed by atoms with Crippen LogP contribution in [0.5, 0.6) is 0 Å². The van der Waals surface area contributed by atoms with Crippen LogP contribution in [0.1, 0.15) is 33.7 Å². The van der Waals surface area contributed by atoms with E-state index in [4.69, 9.17) is 0 Å². The summed E-state index contributed by atoms with van der Waals surface area (Å²) in [7, 11) is 0. The van der Waals surface area contributed by atoms with Crippen molar-refractivity contribution in [2.45, 2.75) is 17.2 Å². The molecule has 0 N–H and O–H groups in total. The SMILES string of the molecule is Cc1cccc(N2C(=O)C3[C@H](C2=O)C2c4ccccc4C3(Br)c3ccccc32)c1. The Hall–Kier alpha value is -2.72. The third-order valence-corrected chi connectivity index (χ3v) is 8.12. The number of halogens is 1. The van der Waals surface area contributed by atoms with Crippen molar-refractivity contribution in [2.75, 3.05) is 4.90 Å². The average molecular weight is 444 g/mol. The molecule has 0 spiro atoms. The van der Waals surface area contributed by atoms with Gasteiger partial charge in [0, 0.05) is 5.92 Å². The maximum Gasteiger partial charge on any atom is 0.239 e. The van der Waals surface area contributed by atoms with E-state index in [1.54, 1.807) is 0 Å². The molecule has 1 heterocycles. The van der Waals surface area contributed by atoms with Gasteiger partial charge in [0.15, 0.2) is 0 Å². The maximum atomic E-state index is 13.8. The van der Waals surface area contributed by atoms with Crippen molar-refractivity contribution in [2.24, 2.45) is 11.8 Å². The first-order valence-electron chi connectivity index (χ1n) is 9.85. The molecule has 7 rings (SSSR count). The number of amides is 2. The second kappa shape index (κ2) is 5.67. The number of carbonyl (C=O) groups is 2. The van der Waals surface area contributed by atoms with Crippen LogP contribution in [0.4, 0.5) is 5.69 Å². The molecule has 2 atom stereocenters. The van der Waals surface area contributed by atoms with E-state index in [2.05, 4.69) is 40.2 Å². The van der Waals surface area contributed by atoms with Gasteiger partial charge >= 0.3 is 0 Å². The van der Waals surface area contributed by atoms with Crippen LogP contribution < -0.4 is 4.90 Å². The van der Waals surface area contributed by atoms with Gasteiger partial charge in [-0.3, -0.25) is 9.59 Å². The number of rotatable bonds is 1. The lowest BCUT2D eigenvalue weighted by Gasteiger charge is -2.51. The van der Waals surface area contributed by atoms with Gasteiger partial charge in [-0.15, -0.1) is 0 Å². The number of anilines is 1. The number of hydrogen-bond acceptors (Lipinski definition) is 2. The smallest absolute Gasteiger partial charge is 0.239 e. The van der Waals surface area contributed by atoms with Crippen molar-refractivity contribution in [3.63, 3.8) is 0 Å². The molecule has 1 fully saturated rings. The van der Waals surface area contributed by atoms with Gasteiger partial charge in [0.1, 0.15) is 0 Å². The first kappa shape index (κ1) is 17.2. The average Bonchev–Trinajstić information content (AvgIpc) is 3.00. The summed E-state index contributed by atoms with van der Waals surface area (Å²) in [6, 6.07) is 24.1. The van der Waals surface area contributed by atoms with Crippen LogP contribution in [0.25, 0.3) is 0 Å². The Balaban J connectivity index is 1.63. The molecule has 3 aromatic carbocycles. The number of nitrogens with zero attached hydrogens (tertiary/aromatic N) is 1. The number of alkyl halides is 1. The van der Waals surface area contributed by atoms with E-state index in [9.17, 15) is 9.59 Å². The van der Waals surface area contributed by atoms with Gasteiger partial charge in [0.2, 0.25) is 11.8 Å². The Kier molecular flexibility index (Phi) is 3.35. The normalized spacial score (nSPS) is 28.9. The fraction of sp³-hybridized carbons (Fsp3) is 0.200. The predicted octanol–water partition coefficient (Wildman–Crippen LogP) is 4.90. The Morgan fingerprint density at radius 3 is 2.07 bits per heavy atom. The summed E-state index contributed by atoms with van der Waals surface area (Å²) in [5.74, 6) is -1.16. The Labute approximate surface area is 177 Å². The van der Waals surface area contributed by atoms with Gasteiger partial charge in [0.05, 0.1) is 21.8 Å². The highest BCUT2D eigenvalue weighted by molar-refractivity contribution is 9.09. The van der Waals surface area contributed by atoms with Crippen LogP contribution in [0.3, 0.4) is 0 Å². The molecule has 3 aliphatic carbocycles. The molecule has 2 amide bonds. The minimum atomic E-state index is -0.690. The van der Waals surface area contributed by atoms with E-state index in [0.29, 0.717) is 5.69 Å². The molecule has 3 nitrogen and oxygen atoms in total. The van der Waals surface area contributed by atoms with E-state index in [1.807, 2.05) is 55.5 Å². The van der Waals surface area contributed by atoms with Crippen molar-refractivity contribution in [1.29, 1.82) is 0 Å². The Bertz CT molecular complexity index is 1170. The number of imide groups is 1. The fourth-order valence-electron chi connectivity index (χ4n) is 5.70. The molecule has 4 heteroatoms. The van der Waals surface area contributed by atoms with Crippen molar-refractivity contribution in [1.82, 2.24) is 0 Å². The molecule has 1 aliphatic heterocycles. The summed E-state index contributed by atoms with van der Waals surface area (Å²) in [4.78, 5) is 28.9. The van der Waals surface area contributed by atoms with Crippen LogP contribution in [-0.4, -0.2) is 11.8 Å². The minimum absolute atomic E-state index is 0.0940. The second-order valence-corrected chi connectivity index (χ2v) is 9.47. The van der Waals surface area contributed by atoms with Crippen LogP contribution in [0.15, 0.2) is 72.8 Å². The Morgan fingerprint density at radius 2 is 1.45 bits per heavy atom. The van der Waals surface area contributed by atoms with Gasteiger partial charge in [-0.25, -0.2) is 4.90 Å². The van der Waals surface area contributed by atoms with Gasteiger partial charge in [0.25, 0.3) is 0 Å². The summed E-state index contributed by atoms with van der Waals surface area (Å²) in [5.41, 5.74) is 6.21. The predicted molar refractivity (Wildman–Crippen MR) is 115 cm³/mol. The maximum absolute atomic E-state index is 13.8. The molecule has 29 heavy (non-hydrogen) atoms. The van der Waals surface area contributed by atoms with Crippen LogP contribution in [-0.2, 0) is 13.9 Å². The van der Waals surface area contributed by atoms with E-state index >= 15 is 0 Å². The first-order chi connectivity index (χ1) is 14.0. The summed E-state index contributed by atoms with van der Waals surface area (Å²) in [6.07, 6.45) is 0. The molecule has 2 bridgehead atoms. The molecule has 0 aromatic heterocycles. The number of aryl methyl sites for hydroxylation is 1. The standard InChI is InChI=1S/C25H18BrNO2/c1-14-7-6-8-15(13-14)27-23(28)21-20-16-9-2-4-11-18(16)25(26,22(21)24(27)29)19-12-5-3-10-17(19)20/h2-13,20-22H,1H3/t20?,21-,22?,25?/m1/s1. The van der Waals surface area contributed by atoms with Crippen LogP contribution in [0.2, 0.25) is 0 Å². The van der Waals surface area contributed by atoms with Gasteiger partial charge in [-0.1, -0.05) is 76.6 Å². The van der Waals surface area contributed by atoms with Crippen molar-refractivity contribution in [3.05, 3.63) is 101 Å². The van der Waals surface area contributed by atoms with Crippen molar-refractivity contribution >= 4 is 33.4 Å². The summed E-state index contributed by atoms with van der Waals surface area (Å²) in [6.45, 7) is 1.98. The zero-order chi connectivity index (χ0) is 19.9. The van der Waals surface area contributed by atoms with Gasteiger partial charge in [-0.05, 0) is 46.9 Å². The molecule has 1 unspecified atom stereocenters. The first-order valence-corrected chi connectivity index (χ1v) is 10.6. The second-order valence-electron chi connectivity index (χ2n) is 8.22. The van der Waals surface area contributed by atoms with E-state index in [-0.39, 0.29) is 17.7 Å². The number of carbonyl (C=O) groups excluding carboxylic acids is 2. The molecule has 3 aromatic rings. The van der Waals surface area contributed by atoms with Crippen LogP contribution >= 0.6 is 15.9 Å². The molecular formula is C25H18BrNO2. The summed E-state index contributed by atoms with van der Waals surface area (Å²) < 4.78 is -0.690. The minimum Gasteiger partial charge on any atom is -0.274 e. The third kappa shape index (κ3) is 1.98. The van der Waals surface area contributed by atoms with Gasteiger partial charge in [-0.2, -0.15) is 0 Å². The van der Waals surface area contributed by atoms with E-state index in [0.717, 1.165) is 27.8 Å². The highest BCUT2D eigenvalue weighted by Crippen LogP contribution is 2.66. The lowest BCUT2D eigenvalue weighted by molar-refractivity contribution is -0.122. The van der Waals surface area contributed by atoms with E-state index < -0.39 is 16.2 Å². The monoisotopic (exact) mass is 443 g/mol. The molecular weight excluding hydrogens is 426 g/mol. The number of hydrogen-bond donors (Lipinski definition) is 0. The lowest BCUT2D eigenvalue weighted by Crippen LogP contribution is -2.50. The summed E-state index contributed by atoms with van der Waals surface area (Å²) >= 11 is 4.02. The summed E-state index contributed by atoms with van der Waals surface area (Å²) in [5, 5.41) is 0. The zero-order valence-corrected chi connectivity index (χ0v) is 17.4. The largest absolute Gasteiger partial charge is 0.274 e. The molecule has 142 valence electrons. The zero-order valence-electron chi connectivity index (χ0n) is 15.8. The fourth-order valence-corrected chi connectivity index (χ4v) is 6.90. The van der Waals surface area contributed by atoms with Gasteiger partial charge < -0.3 is 0 Å².